The molecule has 2 aromatic heterocycles. The van der Waals surface area contributed by atoms with Crippen LogP contribution in [0.3, 0.4) is 0 Å². The van der Waals surface area contributed by atoms with Crippen LogP contribution in [-0.2, 0) is 0 Å². The van der Waals surface area contributed by atoms with Crippen molar-refractivity contribution in [3.63, 3.8) is 0 Å². The van der Waals surface area contributed by atoms with Crippen LogP contribution in [0, 0.1) is 5.82 Å². The highest BCUT2D eigenvalue weighted by molar-refractivity contribution is 8.01. The summed E-state index contributed by atoms with van der Waals surface area (Å²) in [5, 5.41) is 0.551. The molecule has 0 aliphatic rings. The SMILES string of the molecule is CCCCSc1sc2cc(F)ccc2c(=O)c1-n1ccnc1. The first-order valence-electron chi connectivity index (χ1n) is 7.08. The summed E-state index contributed by atoms with van der Waals surface area (Å²) in [6.45, 7) is 2.13. The molecule has 2 heterocycles. The van der Waals surface area contributed by atoms with Gasteiger partial charge in [0.1, 0.15) is 11.5 Å². The summed E-state index contributed by atoms with van der Waals surface area (Å²) in [6.07, 6.45) is 7.23. The third-order valence-corrected chi connectivity index (χ3v) is 5.78. The number of hydrogen-bond donors (Lipinski definition) is 0. The highest BCUT2D eigenvalue weighted by Gasteiger charge is 2.15. The molecule has 114 valence electrons. The molecule has 0 atom stereocenters. The lowest BCUT2D eigenvalue weighted by Crippen LogP contribution is -2.11. The van der Waals surface area contributed by atoms with Crippen LogP contribution < -0.4 is 5.43 Å². The number of nitrogens with zero attached hydrogens (tertiary/aromatic N) is 2. The smallest absolute Gasteiger partial charge is 0.213 e. The Kier molecular flexibility index (Phi) is 4.59. The number of halogens is 1. The number of aromatic nitrogens is 2. The molecule has 22 heavy (non-hydrogen) atoms. The van der Waals surface area contributed by atoms with Crippen molar-refractivity contribution < 1.29 is 4.39 Å². The number of benzene rings is 1. The van der Waals surface area contributed by atoms with Gasteiger partial charge in [0, 0.05) is 22.5 Å². The Morgan fingerprint density at radius 1 is 1.41 bits per heavy atom. The molecule has 0 aliphatic carbocycles. The van der Waals surface area contributed by atoms with Crippen molar-refractivity contribution in [2.45, 2.75) is 24.0 Å². The van der Waals surface area contributed by atoms with Crippen molar-refractivity contribution in [1.29, 1.82) is 0 Å². The van der Waals surface area contributed by atoms with Crippen LogP contribution in [0.4, 0.5) is 4.39 Å². The van der Waals surface area contributed by atoms with Gasteiger partial charge in [-0.3, -0.25) is 4.79 Å². The Morgan fingerprint density at radius 3 is 3.00 bits per heavy atom. The summed E-state index contributed by atoms with van der Waals surface area (Å²) < 4.78 is 16.8. The van der Waals surface area contributed by atoms with Gasteiger partial charge in [0.05, 0.1) is 10.5 Å². The Morgan fingerprint density at radius 2 is 2.27 bits per heavy atom. The quantitative estimate of drug-likeness (QED) is 0.510. The molecule has 3 nitrogen and oxygen atoms in total. The lowest BCUT2D eigenvalue weighted by atomic mass is 10.2. The fourth-order valence-electron chi connectivity index (χ4n) is 2.16. The van der Waals surface area contributed by atoms with E-state index in [1.807, 2.05) is 0 Å². The molecule has 0 amide bonds. The monoisotopic (exact) mass is 334 g/mol. The van der Waals surface area contributed by atoms with Crippen LogP contribution in [-0.4, -0.2) is 15.3 Å². The fourth-order valence-corrected chi connectivity index (χ4v) is 4.80. The molecule has 0 aliphatic heterocycles. The third-order valence-electron chi connectivity index (χ3n) is 3.29. The average Bonchev–Trinajstić information content (AvgIpc) is 3.01. The molecule has 0 spiro atoms. The first-order chi connectivity index (χ1) is 10.7. The van der Waals surface area contributed by atoms with E-state index in [1.165, 1.54) is 23.5 Å². The number of fused-ring (bicyclic) bond motifs is 1. The van der Waals surface area contributed by atoms with E-state index >= 15 is 0 Å². The van der Waals surface area contributed by atoms with Gasteiger partial charge in [-0.1, -0.05) is 13.3 Å². The third kappa shape index (κ3) is 2.94. The van der Waals surface area contributed by atoms with Gasteiger partial charge in [-0.25, -0.2) is 9.37 Å². The van der Waals surface area contributed by atoms with Gasteiger partial charge in [0.25, 0.3) is 0 Å². The van der Waals surface area contributed by atoms with Gasteiger partial charge < -0.3 is 4.57 Å². The van der Waals surface area contributed by atoms with Crippen molar-refractivity contribution in [2.75, 3.05) is 5.75 Å². The second-order valence-electron chi connectivity index (χ2n) is 4.88. The Labute approximate surface area is 135 Å². The average molecular weight is 334 g/mol. The predicted octanol–water partition coefficient (Wildman–Crippen LogP) is 4.48. The van der Waals surface area contributed by atoms with E-state index in [2.05, 4.69) is 11.9 Å². The van der Waals surface area contributed by atoms with Crippen molar-refractivity contribution in [2.24, 2.45) is 0 Å². The maximum absolute atomic E-state index is 13.5. The predicted molar refractivity (Wildman–Crippen MR) is 90.8 cm³/mol. The minimum atomic E-state index is -0.317. The van der Waals surface area contributed by atoms with Crippen molar-refractivity contribution in [3.05, 3.63) is 53.0 Å². The van der Waals surface area contributed by atoms with Crippen molar-refractivity contribution >= 4 is 33.2 Å². The van der Waals surface area contributed by atoms with E-state index in [9.17, 15) is 9.18 Å². The van der Waals surface area contributed by atoms with Gasteiger partial charge in [-0.05, 0) is 30.4 Å². The normalized spacial score (nSPS) is 11.2. The van der Waals surface area contributed by atoms with Gasteiger partial charge in [-0.2, -0.15) is 0 Å². The molecule has 3 rings (SSSR count). The maximum atomic E-state index is 13.5. The van der Waals surface area contributed by atoms with Crippen molar-refractivity contribution in [3.8, 4) is 5.69 Å². The molecule has 0 saturated carbocycles. The molecule has 0 radical (unpaired) electrons. The van der Waals surface area contributed by atoms with Gasteiger partial charge >= 0.3 is 0 Å². The number of unbranched alkanes of at least 4 members (excludes halogenated alkanes) is 1. The molecule has 6 heteroatoms. The Bertz CT molecular complexity index is 843. The first kappa shape index (κ1) is 15.2. The van der Waals surface area contributed by atoms with E-state index in [4.69, 9.17) is 0 Å². The Hall–Kier alpha value is -1.66. The van der Waals surface area contributed by atoms with E-state index in [0.29, 0.717) is 15.8 Å². The molecular weight excluding hydrogens is 319 g/mol. The molecule has 0 unspecified atom stereocenters. The highest BCUT2D eigenvalue weighted by Crippen LogP contribution is 2.33. The zero-order valence-electron chi connectivity index (χ0n) is 12.1. The number of thioether (sulfide) groups is 1. The van der Waals surface area contributed by atoms with Gasteiger partial charge in [0.2, 0.25) is 5.43 Å². The number of hydrogen-bond acceptors (Lipinski definition) is 4. The molecule has 0 saturated heterocycles. The second kappa shape index (κ2) is 6.62. The highest BCUT2D eigenvalue weighted by atomic mass is 32.2. The van der Waals surface area contributed by atoms with Crippen molar-refractivity contribution in [1.82, 2.24) is 9.55 Å². The van der Waals surface area contributed by atoms with E-state index in [1.54, 1.807) is 41.1 Å². The summed E-state index contributed by atoms with van der Waals surface area (Å²) in [5.41, 5.74) is 0.536. The lowest BCUT2D eigenvalue weighted by Gasteiger charge is -2.10. The summed E-state index contributed by atoms with van der Waals surface area (Å²) in [4.78, 5) is 16.8. The topological polar surface area (TPSA) is 34.9 Å². The molecule has 0 N–H and O–H groups in total. The molecule has 0 bridgehead atoms. The summed E-state index contributed by atoms with van der Waals surface area (Å²) in [6, 6.07) is 4.32. The molecule has 3 aromatic rings. The van der Waals surface area contributed by atoms with Crippen LogP contribution in [0.2, 0.25) is 0 Å². The second-order valence-corrected chi connectivity index (χ2v) is 7.30. The standard InChI is InChI=1S/C16H15FN2OS2/c1-2-3-8-21-16-14(19-7-6-18-10-19)15(20)12-5-4-11(17)9-13(12)22-16/h4-7,9-10H,2-3,8H2,1H3. The molecule has 0 fully saturated rings. The zero-order chi connectivity index (χ0) is 15.5. The molecule has 1 aromatic carbocycles. The fraction of sp³-hybridized carbons (Fsp3) is 0.250. The van der Waals surface area contributed by atoms with Crippen LogP contribution in [0.25, 0.3) is 15.8 Å². The largest absolute Gasteiger partial charge is 0.301 e. The summed E-state index contributed by atoms with van der Waals surface area (Å²) >= 11 is 3.12. The van der Waals surface area contributed by atoms with Gasteiger partial charge in [0.15, 0.2) is 0 Å². The van der Waals surface area contributed by atoms with Crippen LogP contribution in [0.1, 0.15) is 19.8 Å². The van der Waals surface area contributed by atoms with E-state index in [0.717, 1.165) is 22.8 Å². The minimum Gasteiger partial charge on any atom is -0.301 e. The van der Waals surface area contributed by atoms with Crippen LogP contribution >= 0.6 is 23.1 Å². The number of imidazole rings is 1. The lowest BCUT2D eigenvalue weighted by molar-refractivity contribution is 0.630. The minimum absolute atomic E-state index is 0.0780. The first-order valence-corrected chi connectivity index (χ1v) is 8.88. The zero-order valence-corrected chi connectivity index (χ0v) is 13.7. The summed E-state index contributed by atoms with van der Waals surface area (Å²) in [5.74, 6) is 0.623. The van der Waals surface area contributed by atoms with Crippen LogP contribution in [0.5, 0.6) is 0 Å². The van der Waals surface area contributed by atoms with Crippen LogP contribution in [0.15, 0.2) is 45.9 Å². The van der Waals surface area contributed by atoms with E-state index in [-0.39, 0.29) is 11.2 Å². The Balaban J connectivity index is 2.20. The maximum Gasteiger partial charge on any atom is 0.213 e. The molecular formula is C16H15FN2OS2. The number of rotatable bonds is 5. The van der Waals surface area contributed by atoms with E-state index < -0.39 is 0 Å². The summed E-state index contributed by atoms with van der Waals surface area (Å²) in [7, 11) is 0. The van der Waals surface area contributed by atoms with Gasteiger partial charge in [-0.15, -0.1) is 23.1 Å².